The number of aromatic nitrogens is 4. The third-order valence-electron chi connectivity index (χ3n) is 2.91. The zero-order chi connectivity index (χ0) is 14.9. The molecule has 2 aromatic heterocycles. The quantitative estimate of drug-likeness (QED) is 0.693. The van der Waals surface area contributed by atoms with Crippen LogP contribution in [0.3, 0.4) is 0 Å². The molecule has 20 heavy (non-hydrogen) atoms. The molecule has 0 fully saturated rings. The van der Waals surface area contributed by atoms with Crippen molar-refractivity contribution in [2.75, 3.05) is 6.61 Å². The second-order valence-corrected chi connectivity index (χ2v) is 4.73. The first-order valence-corrected chi connectivity index (χ1v) is 6.32. The average Bonchev–Trinajstić information content (AvgIpc) is 2.72. The van der Waals surface area contributed by atoms with Crippen molar-refractivity contribution in [1.82, 2.24) is 19.9 Å². The van der Waals surface area contributed by atoms with Crippen LogP contribution in [0.15, 0.2) is 9.59 Å². The molecule has 0 radical (unpaired) electrons. The number of nitrogens with one attached hydrogen (secondary N) is 3. The summed E-state index contributed by atoms with van der Waals surface area (Å²) in [6.45, 7) is 5.68. The van der Waals surface area contributed by atoms with Crippen molar-refractivity contribution >= 4 is 17.1 Å². The Hall–Kier alpha value is -2.38. The third-order valence-corrected chi connectivity index (χ3v) is 2.91. The summed E-state index contributed by atoms with van der Waals surface area (Å²) in [5.74, 6) is -0.799. The number of carbonyl (C=O) groups is 1. The van der Waals surface area contributed by atoms with Gasteiger partial charge in [-0.05, 0) is 12.8 Å². The lowest BCUT2D eigenvalue weighted by atomic mass is 9.95. The molecule has 0 spiro atoms. The molecule has 0 aliphatic carbocycles. The standard InChI is InChI=1S/C12H16N4O4/c1-4-20-11(18)6(5(2)3)8-13-7-9(14-8)15-12(19)16-10(7)17/h5-6H,4H2,1-3H3,(H3,13,14,15,16,17,19). The first-order chi connectivity index (χ1) is 9.43. The van der Waals surface area contributed by atoms with E-state index in [9.17, 15) is 14.4 Å². The van der Waals surface area contributed by atoms with Crippen molar-refractivity contribution < 1.29 is 9.53 Å². The Labute approximate surface area is 113 Å². The average molecular weight is 280 g/mol. The first-order valence-electron chi connectivity index (χ1n) is 6.32. The molecule has 2 rings (SSSR count). The number of hydrogen-bond donors (Lipinski definition) is 3. The number of fused-ring (bicyclic) bond motifs is 1. The van der Waals surface area contributed by atoms with Gasteiger partial charge in [-0.25, -0.2) is 9.78 Å². The second-order valence-electron chi connectivity index (χ2n) is 4.73. The molecule has 0 saturated carbocycles. The molecule has 0 aromatic carbocycles. The summed E-state index contributed by atoms with van der Waals surface area (Å²) in [6.07, 6.45) is 0. The Kier molecular flexibility index (Phi) is 3.73. The van der Waals surface area contributed by atoms with Crippen LogP contribution in [0.25, 0.3) is 11.2 Å². The van der Waals surface area contributed by atoms with E-state index in [0.29, 0.717) is 5.82 Å². The van der Waals surface area contributed by atoms with Gasteiger partial charge in [0.2, 0.25) is 0 Å². The van der Waals surface area contributed by atoms with Crippen LogP contribution < -0.4 is 11.2 Å². The molecule has 0 aliphatic rings. The van der Waals surface area contributed by atoms with Crippen LogP contribution in [0, 0.1) is 5.92 Å². The highest BCUT2D eigenvalue weighted by atomic mass is 16.5. The van der Waals surface area contributed by atoms with Gasteiger partial charge in [0.1, 0.15) is 17.3 Å². The van der Waals surface area contributed by atoms with E-state index in [1.54, 1.807) is 6.92 Å². The predicted octanol–water partition coefficient (Wildman–Crippen LogP) is 0.242. The van der Waals surface area contributed by atoms with Crippen LogP contribution in [0.4, 0.5) is 0 Å². The van der Waals surface area contributed by atoms with E-state index >= 15 is 0 Å². The van der Waals surface area contributed by atoms with Crippen LogP contribution in [-0.4, -0.2) is 32.5 Å². The Morgan fingerprint density at radius 2 is 1.95 bits per heavy atom. The smallest absolute Gasteiger partial charge is 0.327 e. The minimum atomic E-state index is -0.641. The summed E-state index contributed by atoms with van der Waals surface area (Å²) >= 11 is 0. The van der Waals surface area contributed by atoms with Crippen LogP contribution in [0.2, 0.25) is 0 Å². The van der Waals surface area contributed by atoms with Gasteiger partial charge in [-0.2, -0.15) is 0 Å². The fraction of sp³-hybridized carbons (Fsp3) is 0.500. The number of imidazole rings is 1. The highest BCUT2D eigenvalue weighted by molar-refractivity contribution is 5.79. The second kappa shape index (κ2) is 5.32. The van der Waals surface area contributed by atoms with Crippen LogP contribution in [-0.2, 0) is 9.53 Å². The Morgan fingerprint density at radius 3 is 2.55 bits per heavy atom. The summed E-state index contributed by atoms with van der Waals surface area (Å²) in [4.78, 5) is 46.2. The van der Waals surface area contributed by atoms with Crippen LogP contribution in [0.1, 0.15) is 32.5 Å². The summed E-state index contributed by atoms with van der Waals surface area (Å²) in [5, 5.41) is 0. The van der Waals surface area contributed by atoms with Gasteiger partial charge in [-0.1, -0.05) is 13.8 Å². The monoisotopic (exact) mass is 280 g/mol. The normalized spacial score (nSPS) is 12.8. The molecule has 1 unspecified atom stereocenters. The van der Waals surface area contributed by atoms with Crippen molar-refractivity contribution in [1.29, 1.82) is 0 Å². The Bertz CT molecular complexity index is 740. The van der Waals surface area contributed by atoms with E-state index in [-0.39, 0.29) is 23.7 Å². The molecule has 0 saturated heterocycles. The van der Waals surface area contributed by atoms with Crippen molar-refractivity contribution in [3.63, 3.8) is 0 Å². The maximum absolute atomic E-state index is 12.0. The SMILES string of the molecule is CCOC(=O)C(c1nc2[nH]c(=O)[nH]c(=O)c2[nH]1)C(C)C. The van der Waals surface area contributed by atoms with Gasteiger partial charge in [-0.15, -0.1) is 0 Å². The van der Waals surface area contributed by atoms with Gasteiger partial charge in [0.25, 0.3) is 5.56 Å². The Balaban J connectivity index is 2.55. The largest absolute Gasteiger partial charge is 0.465 e. The first kappa shape index (κ1) is 14.0. The van der Waals surface area contributed by atoms with Crippen molar-refractivity contribution in [3.05, 3.63) is 26.7 Å². The molecule has 1 atom stereocenters. The molecule has 3 N–H and O–H groups in total. The van der Waals surface area contributed by atoms with Gasteiger partial charge < -0.3 is 9.72 Å². The lowest BCUT2D eigenvalue weighted by molar-refractivity contribution is -0.146. The summed E-state index contributed by atoms with van der Waals surface area (Å²) in [6, 6.07) is 0. The highest BCUT2D eigenvalue weighted by Gasteiger charge is 2.29. The van der Waals surface area contributed by atoms with E-state index < -0.39 is 23.1 Å². The summed E-state index contributed by atoms with van der Waals surface area (Å²) in [7, 11) is 0. The van der Waals surface area contributed by atoms with E-state index in [1.165, 1.54) is 0 Å². The summed E-state index contributed by atoms with van der Waals surface area (Å²) in [5.41, 5.74) is -0.954. The lowest BCUT2D eigenvalue weighted by Gasteiger charge is -2.16. The van der Waals surface area contributed by atoms with Gasteiger partial charge in [0.05, 0.1) is 6.61 Å². The minimum Gasteiger partial charge on any atom is -0.465 e. The van der Waals surface area contributed by atoms with E-state index in [1.807, 2.05) is 13.8 Å². The molecule has 0 aliphatic heterocycles. The molecule has 8 heteroatoms. The van der Waals surface area contributed by atoms with E-state index in [2.05, 4.69) is 19.9 Å². The molecule has 2 heterocycles. The number of hydrogen-bond acceptors (Lipinski definition) is 5. The fourth-order valence-corrected chi connectivity index (χ4v) is 2.03. The summed E-state index contributed by atoms with van der Waals surface area (Å²) < 4.78 is 5.01. The van der Waals surface area contributed by atoms with Gasteiger partial charge in [0, 0.05) is 0 Å². The molecule has 108 valence electrons. The highest BCUT2D eigenvalue weighted by Crippen LogP contribution is 2.24. The topological polar surface area (TPSA) is 121 Å². The number of H-pyrrole nitrogens is 3. The zero-order valence-corrected chi connectivity index (χ0v) is 11.4. The molecule has 2 aromatic rings. The number of ether oxygens (including phenoxy) is 1. The zero-order valence-electron chi connectivity index (χ0n) is 11.4. The Morgan fingerprint density at radius 1 is 1.25 bits per heavy atom. The third kappa shape index (κ3) is 2.49. The number of aromatic amines is 3. The van der Waals surface area contributed by atoms with Gasteiger partial charge in [-0.3, -0.25) is 19.6 Å². The molecule has 0 bridgehead atoms. The fourth-order valence-electron chi connectivity index (χ4n) is 2.03. The predicted molar refractivity (Wildman–Crippen MR) is 71.5 cm³/mol. The van der Waals surface area contributed by atoms with Gasteiger partial charge >= 0.3 is 11.7 Å². The van der Waals surface area contributed by atoms with E-state index in [0.717, 1.165) is 0 Å². The molecular weight excluding hydrogens is 264 g/mol. The van der Waals surface area contributed by atoms with Crippen molar-refractivity contribution in [2.24, 2.45) is 5.92 Å². The molecule has 8 nitrogen and oxygen atoms in total. The molecule has 0 amide bonds. The lowest BCUT2D eigenvalue weighted by Crippen LogP contribution is -2.22. The molecular formula is C12H16N4O4. The van der Waals surface area contributed by atoms with Crippen molar-refractivity contribution in [2.45, 2.75) is 26.7 Å². The number of esters is 1. The number of nitrogens with zero attached hydrogens (tertiary/aromatic N) is 1. The maximum Gasteiger partial charge on any atom is 0.327 e. The number of rotatable bonds is 4. The van der Waals surface area contributed by atoms with E-state index in [4.69, 9.17) is 4.74 Å². The maximum atomic E-state index is 12.0. The van der Waals surface area contributed by atoms with Crippen LogP contribution in [0.5, 0.6) is 0 Å². The minimum absolute atomic E-state index is 0.0691. The van der Waals surface area contributed by atoms with Gasteiger partial charge in [0.15, 0.2) is 5.65 Å². The van der Waals surface area contributed by atoms with Crippen LogP contribution >= 0.6 is 0 Å². The number of carbonyl (C=O) groups excluding carboxylic acids is 1. The van der Waals surface area contributed by atoms with Crippen molar-refractivity contribution in [3.8, 4) is 0 Å².